The number of hydrogen-bond acceptors (Lipinski definition) is 2. The number of ether oxygens (including phenoxy) is 1. The van der Waals surface area contributed by atoms with Crippen molar-refractivity contribution in [2.45, 2.75) is 38.9 Å². The van der Waals surface area contributed by atoms with Crippen molar-refractivity contribution in [1.82, 2.24) is 0 Å². The molecule has 3 heteroatoms. The minimum absolute atomic E-state index is 0.0903. The molecule has 1 atom stereocenters. The molecule has 0 aromatic rings. The number of rotatable bonds is 1. The SMILES string of the molecule is CC(C)(C)O[C@H]1CC=[N+]([O-])C1. The van der Waals surface area contributed by atoms with Crippen molar-refractivity contribution < 1.29 is 9.48 Å². The lowest BCUT2D eigenvalue weighted by Crippen LogP contribution is -2.29. The minimum atomic E-state index is -0.135. The van der Waals surface area contributed by atoms with Crippen molar-refractivity contribution in [2.24, 2.45) is 0 Å². The summed E-state index contributed by atoms with van der Waals surface area (Å²) < 4.78 is 6.54. The Morgan fingerprint density at radius 1 is 1.55 bits per heavy atom. The van der Waals surface area contributed by atoms with Crippen LogP contribution in [-0.2, 0) is 4.74 Å². The largest absolute Gasteiger partial charge is 0.624 e. The normalized spacial score (nSPS) is 25.4. The van der Waals surface area contributed by atoms with Crippen LogP contribution in [-0.4, -0.2) is 29.2 Å². The maximum atomic E-state index is 10.7. The molecular formula is C8H15NO2. The van der Waals surface area contributed by atoms with Crippen LogP contribution in [0.4, 0.5) is 0 Å². The maximum Gasteiger partial charge on any atom is 0.179 e. The molecule has 1 aliphatic rings. The van der Waals surface area contributed by atoms with Crippen molar-refractivity contribution in [3.8, 4) is 0 Å². The lowest BCUT2D eigenvalue weighted by atomic mass is 10.2. The van der Waals surface area contributed by atoms with E-state index in [9.17, 15) is 5.21 Å². The second-order valence-corrected chi connectivity index (χ2v) is 3.87. The van der Waals surface area contributed by atoms with E-state index in [1.54, 1.807) is 6.21 Å². The van der Waals surface area contributed by atoms with E-state index in [-0.39, 0.29) is 11.7 Å². The fraction of sp³-hybridized carbons (Fsp3) is 0.875. The van der Waals surface area contributed by atoms with Crippen LogP contribution < -0.4 is 0 Å². The molecule has 0 spiro atoms. The summed E-state index contributed by atoms with van der Waals surface area (Å²) in [5, 5.41) is 10.7. The van der Waals surface area contributed by atoms with E-state index in [0.29, 0.717) is 6.54 Å². The first-order valence-corrected chi connectivity index (χ1v) is 3.92. The Kier molecular flexibility index (Phi) is 2.18. The van der Waals surface area contributed by atoms with Gasteiger partial charge in [-0.3, -0.25) is 0 Å². The van der Waals surface area contributed by atoms with Crippen LogP contribution in [0.3, 0.4) is 0 Å². The van der Waals surface area contributed by atoms with E-state index < -0.39 is 0 Å². The highest BCUT2D eigenvalue weighted by Gasteiger charge is 2.25. The van der Waals surface area contributed by atoms with Crippen LogP contribution >= 0.6 is 0 Å². The summed E-state index contributed by atoms with van der Waals surface area (Å²) in [6.07, 6.45) is 2.48. The van der Waals surface area contributed by atoms with E-state index in [2.05, 4.69) is 0 Å². The standard InChI is InChI=1S/C8H15NO2/c1-8(2,3)11-7-4-5-9(10)6-7/h5,7H,4,6H2,1-3H3/t7-/m0/s1. The lowest BCUT2D eigenvalue weighted by molar-refractivity contribution is -0.454. The fourth-order valence-electron chi connectivity index (χ4n) is 1.17. The number of hydroxylamine groups is 1. The maximum absolute atomic E-state index is 10.7. The molecule has 1 rings (SSSR count). The van der Waals surface area contributed by atoms with E-state index in [1.165, 1.54) is 0 Å². The second kappa shape index (κ2) is 2.81. The molecule has 1 heterocycles. The Morgan fingerprint density at radius 2 is 2.18 bits per heavy atom. The zero-order valence-electron chi connectivity index (χ0n) is 7.33. The molecule has 1 aliphatic heterocycles. The average molecular weight is 157 g/mol. The third-order valence-corrected chi connectivity index (χ3v) is 1.48. The Hall–Kier alpha value is -0.570. The Balaban J connectivity index is 2.32. The summed E-state index contributed by atoms with van der Waals surface area (Å²) in [7, 11) is 0. The molecule has 0 radical (unpaired) electrons. The lowest BCUT2D eigenvalue weighted by Gasteiger charge is -2.22. The smallest absolute Gasteiger partial charge is 0.179 e. The van der Waals surface area contributed by atoms with Crippen molar-refractivity contribution in [3.63, 3.8) is 0 Å². The summed E-state index contributed by atoms with van der Waals surface area (Å²) in [5.41, 5.74) is -0.135. The van der Waals surface area contributed by atoms with Gasteiger partial charge < -0.3 is 9.94 Å². The van der Waals surface area contributed by atoms with Gasteiger partial charge in [0.2, 0.25) is 0 Å². The zero-order chi connectivity index (χ0) is 8.48. The zero-order valence-corrected chi connectivity index (χ0v) is 7.33. The van der Waals surface area contributed by atoms with Gasteiger partial charge in [-0.25, -0.2) is 4.74 Å². The molecule has 0 bridgehead atoms. The van der Waals surface area contributed by atoms with Gasteiger partial charge in [0, 0.05) is 0 Å². The van der Waals surface area contributed by atoms with Crippen LogP contribution in [0.5, 0.6) is 0 Å². The van der Waals surface area contributed by atoms with Gasteiger partial charge in [0.15, 0.2) is 12.8 Å². The third-order valence-electron chi connectivity index (χ3n) is 1.48. The second-order valence-electron chi connectivity index (χ2n) is 3.87. The van der Waals surface area contributed by atoms with Gasteiger partial charge in [0.1, 0.15) is 6.10 Å². The molecule has 0 amide bonds. The highest BCUT2D eigenvalue weighted by Crippen LogP contribution is 2.14. The van der Waals surface area contributed by atoms with Crippen molar-refractivity contribution in [1.29, 1.82) is 0 Å². The van der Waals surface area contributed by atoms with Gasteiger partial charge in [-0.15, -0.1) is 0 Å². The van der Waals surface area contributed by atoms with Crippen LogP contribution in [0.1, 0.15) is 27.2 Å². The fourth-order valence-corrected chi connectivity index (χ4v) is 1.17. The first-order chi connectivity index (χ1) is 4.97. The molecule has 11 heavy (non-hydrogen) atoms. The third kappa shape index (κ3) is 2.89. The number of nitrogens with zero attached hydrogens (tertiary/aromatic N) is 1. The minimum Gasteiger partial charge on any atom is -0.624 e. The van der Waals surface area contributed by atoms with Gasteiger partial charge >= 0.3 is 0 Å². The van der Waals surface area contributed by atoms with E-state index in [0.717, 1.165) is 11.2 Å². The van der Waals surface area contributed by atoms with Crippen molar-refractivity contribution in [2.75, 3.05) is 6.54 Å². The molecule has 0 aromatic carbocycles. The molecule has 0 fully saturated rings. The first kappa shape index (κ1) is 8.53. The van der Waals surface area contributed by atoms with Gasteiger partial charge in [0.05, 0.1) is 12.0 Å². The molecule has 0 saturated carbocycles. The predicted octanol–water partition coefficient (Wildman–Crippen LogP) is 1.15. The van der Waals surface area contributed by atoms with Gasteiger partial charge in [-0.2, -0.15) is 0 Å². The van der Waals surface area contributed by atoms with E-state index >= 15 is 0 Å². The highest BCUT2D eigenvalue weighted by atomic mass is 16.5. The molecule has 0 aliphatic carbocycles. The van der Waals surface area contributed by atoms with E-state index in [1.807, 2.05) is 20.8 Å². The molecule has 0 saturated heterocycles. The number of hydrogen-bond donors (Lipinski definition) is 0. The van der Waals surface area contributed by atoms with Gasteiger partial charge in [-0.1, -0.05) is 0 Å². The van der Waals surface area contributed by atoms with E-state index in [4.69, 9.17) is 4.74 Å². The van der Waals surface area contributed by atoms with Crippen LogP contribution in [0.2, 0.25) is 0 Å². The summed E-state index contributed by atoms with van der Waals surface area (Å²) in [5.74, 6) is 0. The van der Waals surface area contributed by atoms with Gasteiger partial charge in [0.25, 0.3) is 0 Å². The van der Waals surface area contributed by atoms with Crippen LogP contribution in [0.25, 0.3) is 0 Å². The molecular weight excluding hydrogens is 142 g/mol. The topological polar surface area (TPSA) is 35.3 Å². The predicted molar refractivity (Wildman–Crippen MR) is 43.8 cm³/mol. The van der Waals surface area contributed by atoms with Crippen molar-refractivity contribution in [3.05, 3.63) is 5.21 Å². The summed E-state index contributed by atoms with van der Waals surface area (Å²) >= 11 is 0. The molecule has 64 valence electrons. The quantitative estimate of drug-likeness (QED) is 0.423. The van der Waals surface area contributed by atoms with Crippen LogP contribution in [0.15, 0.2) is 0 Å². The summed E-state index contributed by atoms with van der Waals surface area (Å²) in [6.45, 7) is 6.48. The Labute approximate surface area is 67.3 Å². The monoisotopic (exact) mass is 157 g/mol. The summed E-state index contributed by atoms with van der Waals surface area (Å²) in [4.78, 5) is 0. The Morgan fingerprint density at radius 3 is 2.55 bits per heavy atom. The van der Waals surface area contributed by atoms with Gasteiger partial charge in [-0.05, 0) is 20.8 Å². The molecule has 0 unspecified atom stereocenters. The Bertz CT molecular complexity index is 169. The molecule has 3 nitrogen and oxygen atoms in total. The molecule has 0 aromatic heterocycles. The molecule has 0 N–H and O–H groups in total. The van der Waals surface area contributed by atoms with Crippen molar-refractivity contribution >= 4 is 6.21 Å². The first-order valence-electron chi connectivity index (χ1n) is 3.92. The highest BCUT2D eigenvalue weighted by molar-refractivity contribution is 5.53. The van der Waals surface area contributed by atoms with Crippen LogP contribution in [0, 0.1) is 5.21 Å². The average Bonchev–Trinajstić information content (AvgIpc) is 2.10. The summed E-state index contributed by atoms with van der Waals surface area (Å²) in [6, 6.07) is 0.